The second kappa shape index (κ2) is 8.16. The van der Waals surface area contributed by atoms with E-state index in [1.807, 2.05) is 32.0 Å². The molecule has 29 heavy (non-hydrogen) atoms. The van der Waals surface area contributed by atoms with Crippen LogP contribution in [0.3, 0.4) is 0 Å². The van der Waals surface area contributed by atoms with Gasteiger partial charge in [-0.1, -0.05) is 28.1 Å². The Morgan fingerprint density at radius 2 is 1.69 bits per heavy atom. The van der Waals surface area contributed by atoms with E-state index in [1.54, 1.807) is 0 Å². The van der Waals surface area contributed by atoms with E-state index in [9.17, 15) is 21.6 Å². The van der Waals surface area contributed by atoms with E-state index < -0.39 is 27.0 Å². The molecule has 1 saturated heterocycles. The Morgan fingerprint density at radius 1 is 1.03 bits per heavy atom. The van der Waals surface area contributed by atoms with Crippen molar-refractivity contribution in [3.05, 3.63) is 52.0 Å². The summed E-state index contributed by atoms with van der Waals surface area (Å²) < 4.78 is 69.7. The van der Waals surface area contributed by atoms with Gasteiger partial charge in [0.15, 0.2) is 5.75 Å². The minimum Gasteiger partial charge on any atom is -0.404 e. The third-order valence-corrected chi connectivity index (χ3v) is 7.34. The number of halogens is 4. The van der Waals surface area contributed by atoms with Gasteiger partial charge in [-0.25, -0.2) is 8.42 Å². The molecule has 0 saturated carbocycles. The van der Waals surface area contributed by atoms with Crippen LogP contribution in [-0.2, 0) is 10.0 Å². The quantitative estimate of drug-likeness (QED) is 0.631. The molecule has 0 aromatic heterocycles. The molecule has 0 N–H and O–H groups in total. The summed E-state index contributed by atoms with van der Waals surface area (Å²) >= 11 is 3.05. The van der Waals surface area contributed by atoms with Crippen LogP contribution in [0.5, 0.6) is 5.75 Å². The minimum absolute atomic E-state index is 0.164. The van der Waals surface area contributed by atoms with Crippen LogP contribution in [0.15, 0.2) is 45.8 Å². The van der Waals surface area contributed by atoms with Gasteiger partial charge < -0.3 is 9.64 Å². The number of alkyl halides is 3. The molecule has 0 radical (unpaired) electrons. The second-order valence-corrected chi connectivity index (χ2v) is 9.57. The normalized spacial score (nSPS) is 16.1. The first-order valence-electron chi connectivity index (χ1n) is 8.85. The van der Waals surface area contributed by atoms with Crippen molar-refractivity contribution in [3.8, 4) is 5.75 Å². The number of sulfonamides is 1. The summed E-state index contributed by atoms with van der Waals surface area (Å²) in [5, 5.41) is 0. The van der Waals surface area contributed by atoms with Gasteiger partial charge in [0.2, 0.25) is 10.0 Å². The van der Waals surface area contributed by atoms with Crippen molar-refractivity contribution in [2.24, 2.45) is 0 Å². The van der Waals surface area contributed by atoms with Gasteiger partial charge in [0, 0.05) is 36.3 Å². The van der Waals surface area contributed by atoms with E-state index in [-0.39, 0.29) is 17.6 Å². The minimum atomic E-state index is -4.99. The average Bonchev–Trinajstić information content (AvgIpc) is 2.62. The smallest absolute Gasteiger partial charge is 0.404 e. The van der Waals surface area contributed by atoms with Gasteiger partial charge >= 0.3 is 6.36 Å². The van der Waals surface area contributed by atoms with Gasteiger partial charge in [-0.05, 0) is 49.2 Å². The Hall–Kier alpha value is -1.78. The van der Waals surface area contributed by atoms with Gasteiger partial charge in [-0.3, -0.25) is 0 Å². The molecule has 0 atom stereocenters. The molecule has 158 valence electrons. The van der Waals surface area contributed by atoms with E-state index in [2.05, 4.69) is 25.6 Å². The third kappa shape index (κ3) is 4.87. The second-order valence-electron chi connectivity index (χ2n) is 6.75. The Balaban J connectivity index is 1.83. The molecule has 1 aliphatic heterocycles. The van der Waals surface area contributed by atoms with Crippen molar-refractivity contribution >= 4 is 31.6 Å². The lowest BCUT2D eigenvalue weighted by Crippen LogP contribution is -2.49. The lowest BCUT2D eigenvalue weighted by molar-refractivity contribution is -0.275. The molecule has 0 unspecified atom stereocenters. The van der Waals surface area contributed by atoms with Crippen molar-refractivity contribution in [1.29, 1.82) is 0 Å². The van der Waals surface area contributed by atoms with Crippen LogP contribution in [-0.4, -0.2) is 45.3 Å². The van der Waals surface area contributed by atoms with E-state index in [4.69, 9.17) is 0 Å². The van der Waals surface area contributed by atoms with E-state index >= 15 is 0 Å². The van der Waals surface area contributed by atoms with Crippen LogP contribution in [0.1, 0.15) is 11.1 Å². The number of hydrogen-bond donors (Lipinski definition) is 0. The maximum atomic E-state index is 13.0. The number of rotatable bonds is 4. The molecule has 2 aromatic rings. The zero-order valence-corrected chi connectivity index (χ0v) is 18.2. The molecular formula is C19H20BrF3N2O3S. The fraction of sp³-hybridized carbons (Fsp3) is 0.368. The van der Waals surface area contributed by atoms with Crippen molar-refractivity contribution < 1.29 is 26.3 Å². The number of aryl methyl sites for hydroxylation is 1. The largest absolute Gasteiger partial charge is 0.573 e. The van der Waals surface area contributed by atoms with Crippen LogP contribution in [0, 0.1) is 13.8 Å². The molecule has 0 aliphatic carbocycles. The molecule has 3 rings (SSSR count). The molecule has 1 fully saturated rings. The van der Waals surface area contributed by atoms with Gasteiger partial charge in [0.05, 0.1) is 0 Å². The molecule has 10 heteroatoms. The summed E-state index contributed by atoms with van der Waals surface area (Å²) in [7, 11) is -4.14. The standard InChI is InChI=1S/C19H20BrF3N2O3S/c1-13-4-3-5-16(14(13)2)24-8-10-25(11-9-24)29(26,27)18-7-6-15(20)12-17(18)28-19(21,22)23/h3-7,12H,8-11H2,1-2H3. The summed E-state index contributed by atoms with van der Waals surface area (Å²) in [6.07, 6.45) is -4.99. The first kappa shape index (κ1) is 21.9. The Labute approximate surface area is 176 Å². The Morgan fingerprint density at radius 3 is 2.31 bits per heavy atom. The molecule has 2 aromatic carbocycles. The number of hydrogen-bond acceptors (Lipinski definition) is 4. The van der Waals surface area contributed by atoms with Crippen LogP contribution in [0.25, 0.3) is 0 Å². The molecule has 1 heterocycles. The first-order valence-corrected chi connectivity index (χ1v) is 11.1. The number of ether oxygens (including phenoxy) is 1. The van der Waals surface area contributed by atoms with Crippen molar-refractivity contribution in [2.75, 3.05) is 31.1 Å². The number of anilines is 1. The first-order chi connectivity index (χ1) is 13.5. The molecular weight excluding hydrogens is 473 g/mol. The van der Waals surface area contributed by atoms with Gasteiger partial charge in [-0.15, -0.1) is 13.2 Å². The highest BCUT2D eigenvalue weighted by molar-refractivity contribution is 9.10. The monoisotopic (exact) mass is 492 g/mol. The van der Waals surface area contributed by atoms with Crippen LogP contribution < -0.4 is 9.64 Å². The maximum absolute atomic E-state index is 13.0. The number of benzene rings is 2. The zero-order chi connectivity index (χ0) is 21.4. The maximum Gasteiger partial charge on any atom is 0.573 e. The van der Waals surface area contributed by atoms with Crippen LogP contribution in [0.4, 0.5) is 18.9 Å². The lowest BCUT2D eigenvalue weighted by Gasteiger charge is -2.36. The predicted octanol–water partition coefficient (Wildman–Crippen LogP) is 4.48. The zero-order valence-electron chi connectivity index (χ0n) is 15.8. The Bertz CT molecular complexity index is 1000. The highest BCUT2D eigenvalue weighted by Gasteiger charge is 2.36. The number of piperazine rings is 1. The van der Waals surface area contributed by atoms with Gasteiger partial charge in [-0.2, -0.15) is 4.31 Å². The fourth-order valence-corrected chi connectivity index (χ4v) is 5.14. The fourth-order valence-electron chi connectivity index (χ4n) is 3.29. The average molecular weight is 493 g/mol. The summed E-state index contributed by atoms with van der Waals surface area (Å²) in [4.78, 5) is 1.58. The highest BCUT2D eigenvalue weighted by Crippen LogP contribution is 2.34. The van der Waals surface area contributed by atoms with Crippen molar-refractivity contribution in [1.82, 2.24) is 4.31 Å². The van der Waals surface area contributed by atoms with E-state index in [0.717, 1.165) is 28.9 Å². The molecule has 0 amide bonds. The summed E-state index contributed by atoms with van der Waals surface area (Å²) in [6, 6.07) is 9.45. The van der Waals surface area contributed by atoms with E-state index in [0.29, 0.717) is 13.1 Å². The van der Waals surface area contributed by atoms with E-state index in [1.165, 1.54) is 10.4 Å². The Kier molecular flexibility index (Phi) is 6.16. The summed E-state index contributed by atoms with van der Waals surface area (Å²) in [5.74, 6) is -0.746. The van der Waals surface area contributed by atoms with Gasteiger partial charge in [0.25, 0.3) is 0 Å². The SMILES string of the molecule is Cc1cccc(N2CCN(S(=O)(=O)c3ccc(Br)cc3OC(F)(F)F)CC2)c1C. The lowest BCUT2D eigenvalue weighted by atomic mass is 10.1. The molecule has 5 nitrogen and oxygen atoms in total. The number of nitrogens with zero attached hydrogens (tertiary/aromatic N) is 2. The topological polar surface area (TPSA) is 49.9 Å². The third-order valence-electron chi connectivity index (χ3n) is 4.90. The van der Waals surface area contributed by atoms with Crippen molar-refractivity contribution in [3.63, 3.8) is 0 Å². The molecule has 0 bridgehead atoms. The van der Waals surface area contributed by atoms with Crippen LogP contribution >= 0.6 is 15.9 Å². The summed E-state index contributed by atoms with van der Waals surface area (Å²) in [5.41, 5.74) is 3.30. The van der Waals surface area contributed by atoms with Gasteiger partial charge in [0.1, 0.15) is 4.90 Å². The highest BCUT2D eigenvalue weighted by atomic mass is 79.9. The molecule has 0 spiro atoms. The predicted molar refractivity (Wildman–Crippen MR) is 108 cm³/mol. The van der Waals surface area contributed by atoms with Crippen LogP contribution in [0.2, 0.25) is 0 Å². The van der Waals surface area contributed by atoms with Crippen molar-refractivity contribution in [2.45, 2.75) is 25.1 Å². The molecule has 1 aliphatic rings. The summed E-state index contributed by atoms with van der Waals surface area (Å²) in [6.45, 7) is 5.23.